The first-order chi connectivity index (χ1) is 10.7. The van der Waals surface area contributed by atoms with Crippen molar-refractivity contribution in [1.82, 2.24) is 15.1 Å². The zero-order valence-electron chi connectivity index (χ0n) is 14.8. The number of halogens is 2. The standard InChI is InChI=1S/C18H31N3O.2ClH/c1-20(11-14-2-3-14)12-15-4-9-21(13-15)17(22)16-10-18(16)5-7-19-8-6-18;;/h14-16,19H,2-13H2,1H3;2*1H. The molecule has 0 radical (unpaired) electrons. The van der Waals surface area contributed by atoms with E-state index >= 15 is 0 Å². The fourth-order valence-electron chi connectivity index (χ4n) is 4.83. The Balaban J connectivity index is 0.00000104. The van der Waals surface area contributed by atoms with Crippen LogP contribution < -0.4 is 5.32 Å². The Morgan fingerprint density at radius 3 is 2.46 bits per heavy atom. The van der Waals surface area contributed by atoms with E-state index in [1.807, 2.05) is 0 Å². The minimum atomic E-state index is 0. The Hall–Kier alpha value is -0.0300. The van der Waals surface area contributed by atoms with Gasteiger partial charge >= 0.3 is 0 Å². The van der Waals surface area contributed by atoms with Gasteiger partial charge in [0.15, 0.2) is 0 Å². The summed E-state index contributed by atoms with van der Waals surface area (Å²) in [5.41, 5.74) is 0.392. The van der Waals surface area contributed by atoms with Gasteiger partial charge in [-0.1, -0.05) is 0 Å². The monoisotopic (exact) mass is 377 g/mol. The number of nitrogens with one attached hydrogen (secondary N) is 1. The van der Waals surface area contributed by atoms with Gasteiger partial charge < -0.3 is 15.1 Å². The second kappa shape index (κ2) is 8.11. The molecule has 1 spiro atoms. The van der Waals surface area contributed by atoms with Crippen LogP contribution in [0.3, 0.4) is 0 Å². The molecule has 4 nitrogen and oxygen atoms in total. The van der Waals surface area contributed by atoms with E-state index in [-0.39, 0.29) is 24.8 Å². The highest BCUT2D eigenvalue weighted by atomic mass is 35.5. The second-order valence-corrected chi connectivity index (χ2v) is 8.47. The topological polar surface area (TPSA) is 35.6 Å². The summed E-state index contributed by atoms with van der Waals surface area (Å²) < 4.78 is 0. The Kier molecular flexibility index (Phi) is 6.86. The van der Waals surface area contributed by atoms with Gasteiger partial charge in [0.05, 0.1) is 0 Å². The Labute approximate surface area is 158 Å². The van der Waals surface area contributed by atoms with Gasteiger partial charge in [0.25, 0.3) is 0 Å². The lowest BCUT2D eigenvalue weighted by Crippen LogP contribution is -2.36. The first-order valence-corrected chi connectivity index (χ1v) is 9.34. The minimum absolute atomic E-state index is 0. The number of nitrogens with zero attached hydrogens (tertiary/aromatic N) is 2. The normalized spacial score (nSPS) is 30.8. The van der Waals surface area contributed by atoms with E-state index in [1.54, 1.807) is 0 Å². The molecule has 2 atom stereocenters. The van der Waals surface area contributed by atoms with Crippen LogP contribution in [0.25, 0.3) is 0 Å². The SMILES string of the molecule is CN(CC1CC1)CC1CCN(C(=O)C2CC23CCNCC3)C1.Cl.Cl. The Bertz CT molecular complexity index is 438. The molecule has 4 fully saturated rings. The van der Waals surface area contributed by atoms with E-state index in [1.165, 1.54) is 45.2 Å². The van der Waals surface area contributed by atoms with Gasteiger partial charge in [0, 0.05) is 32.1 Å². The molecule has 6 heteroatoms. The molecule has 0 bridgehead atoms. The molecule has 24 heavy (non-hydrogen) atoms. The summed E-state index contributed by atoms with van der Waals surface area (Å²) in [5.74, 6) is 2.51. The van der Waals surface area contributed by atoms with Crippen molar-refractivity contribution in [2.24, 2.45) is 23.2 Å². The van der Waals surface area contributed by atoms with Crippen molar-refractivity contribution in [3.63, 3.8) is 0 Å². The third-order valence-electron chi connectivity index (χ3n) is 6.52. The van der Waals surface area contributed by atoms with E-state index in [4.69, 9.17) is 0 Å². The van der Waals surface area contributed by atoms with Gasteiger partial charge in [-0.15, -0.1) is 24.8 Å². The van der Waals surface area contributed by atoms with Gasteiger partial charge in [0.2, 0.25) is 5.91 Å². The molecule has 2 saturated heterocycles. The molecule has 2 heterocycles. The summed E-state index contributed by atoms with van der Waals surface area (Å²) in [6.07, 6.45) is 7.66. The van der Waals surface area contributed by atoms with E-state index < -0.39 is 0 Å². The van der Waals surface area contributed by atoms with Crippen LogP contribution in [0.1, 0.15) is 38.5 Å². The minimum Gasteiger partial charge on any atom is -0.342 e. The number of carbonyl (C=O) groups is 1. The summed E-state index contributed by atoms with van der Waals surface area (Å²) in [7, 11) is 2.26. The van der Waals surface area contributed by atoms with Gasteiger partial charge in [-0.3, -0.25) is 4.79 Å². The van der Waals surface area contributed by atoms with Crippen LogP contribution in [0.2, 0.25) is 0 Å². The van der Waals surface area contributed by atoms with Crippen molar-refractivity contribution < 1.29 is 4.79 Å². The van der Waals surface area contributed by atoms with Crippen molar-refractivity contribution in [2.75, 3.05) is 46.3 Å². The lowest BCUT2D eigenvalue weighted by molar-refractivity contribution is -0.132. The highest BCUT2D eigenvalue weighted by Crippen LogP contribution is 2.59. The molecule has 1 amide bonds. The number of hydrogen-bond acceptors (Lipinski definition) is 3. The summed E-state index contributed by atoms with van der Waals surface area (Å²) in [6, 6.07) is 0. The molecule has 4 aliphatic rings. The average Bonchev–Trinajstić information content (AvgIpc) is 3.39. The fourth-order valence-corrected chi connectivity index (χ4v) is 4.83. The van der Waals surface area contributed by atoms with Crippen LogP contribution in [-0.4, -0.2) is 62.0 Å². The highest BCUT2D eigenvalue weighted by molar-refractivity contribution is 5.85. The predicted octanol–water partition coefficient (Wildman–Crippen LogP) is 2.41. The van der Waals surface area contributed by atoms with Crippen LogP contribution in [0.5, 0.6) is 0 Å². The smallest absolute Gasteiger partial charge is 0.226 e. The molecule has 0 aromatic rings. The molecule has 4 rings (SSSR count). The molecule has 140 valence electrons. The fraction of sp³-hybridized carbons (Fsp3) is 0.944. The van der Waals surface area contributed by atoms with Gasteiger partial charge in [-0.25, -0.2) is 0 Å². The molecule has 0 aromatic heterocycles. The number of carbonyl (C=O) groups excluding carboxylic acids is 1. The van der Waals surface area contributed by atoms with E-state index in [0.717, 1.165) is 38.5 Å². The third kappa shape index (κ3) is 4.38. The van der Waals surface area contributed by atoms with Crippen LogP contribution in [0.15, 0.2) is 0 Å². The molecule has 2 unspecified atom stereocenters. The summed E-state index contributed by atoms with van der Waals surface area (Å²) in [6.45, 7) is 6.68. The zero-order chi connectivity index (χ0) is 15.2. The van der Waals surface area contributed by atoms with Gasteiger partial charge in [-0.05, 0) is 75.9 Å². The number of amides is 1. The van der Waals surface area contributed by atoms with Crippen molar-refractivity contribution in [3.8, 4) is 0 Å². The maximum Gasteiger partial charge on any atom is 0.226 e. The number of likely N-dealkylation sites (tertiary alicyclic amines) is 1. The molecule has 2 aliphatic carbocycles. The molecular weight excluding hydrogens is 345 g/mol. The van der Waals surface area contributed by atoms with Crippen LogP contribution in [-0.2, 0) is 4.79 Å². The van der Waals surface area contributed by atoms with E-state index in [9.17, 15) is 4.79 Å². The van der Waals surface area contributed by atoms with Crippen molar-refractivity contribution in [2.45, 2.75) is 38.5 Å². The van der Waals surface area contributed by atoms with Gasteiger partial charge in [0.1, 0.15) is 0 Å². The molecule has 2 aliphatic heterocycles. The highest BCUT2D eigenvalue weighted by Gasteiger charge is 2.58. The van der Waals surface area contributed by atoms with Crippen molar-refractivity contribution in [3.05, 3.63) is 0 Å². The van der Waals surface area contributed by atoms with Crippen LogP contribution >= 0.6 is 24.8 Å². The number of hydrogen-bond donors (Lipinski definition) is 1. The first-order valence-electron chi connectivity index (χ1n) is 9.34. The quantitative estimate of drug-likeness (QED) is 0.798. The summed E-state index contributed by atoms with van der Waals surface area (Å²) in [5, 5.41) is 3.43. The maximum absolute atomic E-state index is 12.8. The summed E-state index contributed by atoms with van der Waals surface area (Å²) >= 11 is 0. The van der Waals surface area contributed by atoms with E-state index in [2.05, 4.69) is 22.2 Å². The molecular formula is C18H33Cl2N3O. The van der Waals surface area contributed by atoms with Gasteiger partial charge in [-0.2, -0.15) is 0 Å². The maximum atomic E-state index is 12.8. The lowest BCUT2D eigenvalue weighted by Gasteiger charge is -2.25. The third-order valence-corrected chi connectivity index (χ3v) is 6.52. The predicted molar refractivity (Wildman–Crippen MR) is 102 cm³/mol. The van der Waals surface area contributed by atoms with Crippen molar-refractivity contribution in [1.29, 1.82) is 0 Å². The molecule has 1 N–H and O–H groups in total. The molecule has 2 saturated carbocycles. The average molecular weight is 378 g/mol. The van der Waals surface area contributed by atoms with Crippen LogP contribution in [0.4, 0.5) is 0 Å². The number of piperidine rings is 1. The first kappa shape index (κ1) is 20.3. The largest absolute Gasteiger partial charge is 0.342 e. The summed E-state index contributed by atoms with van der Waals surface area (Å²) in [4.78, 5) is 17.5. The Morgan fingerprint density at radius 2 is 1.79 bits per heavy atom. The van der Waals surface area contributed by atoms with Crippen LogP contribution in [0, 0.1) is 23.2 Å². The second-order valence-electron chi connectivity index (χ2n) is 8.47. The van der Waals surface area contributed by atoms with Crippen molar-refractivity contribution >= 4 is 30.7 Å². The van der Waals surface area contributed by atoms with E-state index in [0.29, 0.717) is 23.2 Å². The molecule has 0 aromatic carbocycles. The Morgan fingerprint density at radius 1 is 1.12 bits per heavy atom. The zero-order valence-corrected chi connectivity index (χ0v) is 16.5. The lowest BCUT2D eigenvalue weighted by atomic mass is 9.91. The number of rotatable bonds is 5.